The van der Waals surface area contributed by atoms with E-state index in [2.05, 4.69) is 0 Å². The molecule has 0 aromatic heterocycles. The standard InChI is InChI=1S/C16H18O3.Na/c1-17-15-7-3-13(4-8-15)11-19-12-14-5-9-16(18-2)10-6-14;/h3-10H,11-12H2,1-2H3;. The SMILES string of the molecule is COc1ccc(COCc2ccc(OC)cc2)cc1.[Na]. The van der Waals surface area contributed by atoms with Gasteiger partial charge >= 0.3 is 0 Å². The molecule has 0 atom stereocenters. The zero-order chi connectivity index (χ0) is 13.5. The molecule has 0 bridgehead atoms. The number of methoxy groups -OCH3 is 2. The molecule has 20 heavy (non-hydrogen) atoms. The fraction of sp³-hybridized carbons (Fsp3) is 0.250. The van der Waals surface area contributed by atoms with Crippen molar-refractivity contribution in [2.24, 2.45) is 0 Å². The summed E-state index contributed by atoms with van der Waals surface area (Å²) in [4.78, 5) is 0. The van der Waals surface area contributed by atoms with Gasteiger partial charge in [-0.1, -0.05) is 24.3 Å². The first-order valence-corrected chi connectivity index (χ1v) is 6.15. The van der Waals surface area contributed by atoms with Crippen LogP contribution in [-0.4, -0.2) is 43.8 Å². The third kappa shape index (κ3) is 5.17. The van der Waals surface area contributed by atoms with Crippen LogP contribution >= 0.6 is 0 Å². The molecule has 0 spiro atoms. The van der Waals surface area contributed by atoms with Gasteiger partial charge in [-0.15, -0.1) is 0 Å². The predicted octanol–water partition coefficient (Wildman–Crippen LogP) is 3.04. The van der Waals surface area contributed by atoms with Crippen molar-refractivity contribution < 1.29 is 14.2 Å². The predicted molar refractivity (Wildman–Crippen MR) is 80.2 cm³/mol. The van der Waals surface area contributed by atoms with E-state index in [-0.39, 0.29) is 29.6 Å². The molecule has 3 nitrogen and oxygen atoms in total. The molecule has 0 N–H and O–H groups in total. The summed E-state index contributed by atoms with van der Waals surface area (Å²) in [6.07, 6.45) is 0. The molecule has 0 aliphatic rings. The molecule has 0 aliphatic heterocycles. The summed E-state index contributed by atoms with van der Waals surface area (Å²) in [5, 5.41) is 0. The van der Waals surface area contributed by atoms with Gasteiger partial charge < -0.3 is 14.2 Å². The summed E-state index contributed by atoms with van der Waals surface area (Å²) < 4.78 is 15.9. The van der Waals surface area contributed by atoms with Gasteiger partial charge in [0, 0.05) is 29.6 Å². The average Bonchev–Trinajstić information content (AvgIpc) is 2.49. The molecule has 0 saturated heterocycles. The summed E-state index contributed by atoms with van der Waals surface area (Å²) >= 11 is 0. The van der Waals surface area contributed by atoms with Crippen molar-refractivity contribution in [3.05, 3.63) is 59.7 Å². The van der Waals surface area contributed by atoms with Gasteiger partial charge in [0.05, 0.1) is 27.4 Å². The van der Waals surface area contributed by atoms with Gasteiger partial charge in [-0.3, -0.25) is 0 Å². The fourth-order valence-electron chi connectivity index (χ4n) is 1.73. The van der Waals surface area contributed by atoms with Crippen LogP contribution in [0.5, 0.6) is 11.5 Å². The third-order valence-corrected chi connectivity index (χ3v) is 2.86. The molecule has 0 aliphatic carbocycles. The second-order valence-corrected chi connectivity index (χ2v) is 4.19. The van der Waals surface area contributed by atoms with Crippen LogP contribution in [0.4, 0.5) is 0 Å². The topological polar surface area (TPSA) is 27.7 Å². The number of benzene rings is 2. The van der Waals surface area contributed by atoms with E-state index in [4.69, 9.17) is 14.2 Å². The van der Waals surface area contributed by atoms with E-state index >= 15 is 0 Å². The molecule has 0 fully saturated rings. The molecule has 0 saturated carbocycles. The first-order valence-electron chi connectivity index (χ1n) is 6.15. The Kier molecular flexibility index (Phi) is 7.70. The third-order valence-electron chi connectivity index (χ3n) is 2.86. The summed E-state index contributed by atoms with van der Waals surface area (Å²) in [6.45, 7) is 1.19. The van der Waals surface area contributed by atoms with Gasteiger partial charge in [0.15, 0.2) is 0 Å². The minimum absolute atomic E-state index is 0. The number of hydrogen-bond donors (Lipinski definition) is 0. The van der Waals surface area contributed by atoms with E-state index in [0.29, 0.717) is 13.2 Å². The smallest absolute Gasteiger partial charge is 0.118 e. The Hall–Kier alpha value is -1.000. The van der Waals surface area contributed by atoms with Gasteiger partial charge in [-0.2, -0.15) is 0 Å². The number of hydrogen-bond acceptors (Lipinski definition) is 3. The normalized spacial score (nSPS) is 9.70. The first-order chi connectivity index (χ1) is 9.31. The van der Waals surface area contributed by atoms with Crippen LogP contribution in [0.2, 0.25) is 0 Å². The summed E-state index contributed by atoms with van der Waals surface area (Å²) in [5.41, 5.74) is 2.27. The summed E-state index contributed by atoms with van der Waals surface area (Å²) in [6, 6.07) is 15.8. The van der Waals surface area contributed by atoms with Crippen molar-refractivity contribution in [3.8, 4) is 11.5 Å². The van der Waals surface area contributed by atoms with Crippen molar-refractivity contribution in [1.82, 2.24) is 0 Å². The summed E-state index contributed by atoms with van der Waals surface area (Å²) in [7, 11) is 3.32. The van der Waals surface area contributed by atoms with Crippen LogP contribution in [0.15, 0.2) is 48.5 Å². The minimum Gasteiger partial charge on any atom is -0.497 e. The van der Waals surface area contributed by atoms with E-state index < -0.39 is 0 Å². The zero-order valence-electron chi connectivity index (χ0n) is 12.3. The Balaban J connectivity index is 0.00000200. The molecule has 1 radical (unpaired) electrons. The van der Waals surface area contributed by atoms with Crippen LogP contribution in [0.25, 0.3) is 0 Å². The Bertz CT molecular complexity index is 447. The summed E-state index contributed by atoms with van der Waals surface area (Å²) in [5.74, 6) is 1.72. The minimum atomic E-state index is 0. The maximum absolute atomic E-state index is 5.67. The van der Waals surface area contributed by atoms with E-state index in [0.717, 1.165) is 22.6 Å². The average molecular weight is 281 g/mol. The maximum Gasteiger partial charge on any atom is 0.118 e. The van der Waals surface area contributed by atoms with Crippen LogP contribution in [-0.2, 0) is 18.0 Å². The molecule has 4 heteroatoms. The van der Waals surface area contributed by atoms with E-state index in [9.17, 15) is 0 Å². The molecular weight excluding hydrogens is 263 g/mol. The van der Waals surface area contributed by atoms with Crippen LogP contribution in [0.1, 0.15) is 11.1 Å². The van der Waals surface area contributed by atoms with Crippen molar-refractivity contribution in [3.63, 3.8) is 0 Å². The van der Waals surface area contributed by atoms with Crippen molar-refractivity contribution >= 4 is 29.6 Å². The zero-order valence-corrected chi connectivity index (χ0v) is 14.3. The van der Waals surface area contributed by atoms with Crippen molar-refractivity contribution in [1.29, 1.82) is 0 Å². The Labute approximate surface area is 142 Å². The van der Waals surface area contributed by atoms with E-state index in [1.54, 1.807) is 14.2 Å². The Morgan fingerprint density at radius 1 is 0.650 bits per heavy atom. The van der Waals surface area contributed by atoms with Crippen molar-refractivity contribution in [2.75, 3.05) is 14.2 Å². The first kappa shape index (κ1) is 17.1. The molecule has 2 aromatic rings. The number of rotatable bonds is 6. The fourth-order valence-corrected chi connectivity index (χ4v) is 1.73. The maximum atomic E-state index is 5.67. The second kappa shape index (κ2) is 9.03. The molecule has 2 rings (SSSR count). The van der Waals surface area contributed by atoms with E-state index in [1.807, 2.05) is 48.5 Å². The Morgan fingerprint density at radius 2 is 1.00 bits per heavy atom. The van der Waals surface area contributed by atoms with Crippen LogP contribution in [0, 0.1) is 0 Å². The largest absolute Gasteiger partial charge is 0.497 e. The van der Waals surface area contributed by atoms with Gasteiger partial charge in [0.1, 0.15) is 11.5 Å². The molecule has 0 unspecified atom stereocenters. The van der Waals surface area contributed by atoms with Gasteiger partial charge in [-0.25, -0.2) is 0 Å². The monoisotopic (exact) mass is 281 g/mol. The molecular formula is C16H18NaO3. The van der Waals surface area contributed by atoms with Crippen LogP contribution in [0.3, 0.4) is 0 Å². The Morgan fingerprint density at radius 3 is 1.30 bits per heavy atom. The van der Waals surface area contributed by atoms with Gasteiger partial charge in [-0.05, 0) is 35.4 Å². The quantitative estimate of drug-likeness (QED) is 0.762. The van der Waals surface area contributed by atoms with Crippen molar-refractivity contribution in [2.45, 2.75) is 13.2 Å². The molecule has 2 aromatic carbocycles. The van der Waals surface area contributed by atoms with Gasteiger partial charge in [0.2, 0.25) is 0 Å². The molecule has 0 amide bonds. The van der Waals surface area contributed by atoms with Crippen LogP contribution < -0.4 is 9.47 Å². The molecule has 101 valence electrons. The van der Waals surface area contributed by atoms with E-state index in [1.165, 1.54) is 0 Å². The number of ether oxygens (including phenoxy) is 3. The molecule has 0 heterocycles. The van der Waals surface area contributed by atoms with Gasteiger partial charge in [0.25, 0.3) is 0 Å². The second-order valence-electron chi connectivity index (χ2n) is 4.19.